The Morgan fingerprint density at radius 2 is 1.76 bits per heavy atom. The zero-order valence-corrected chi connectivity index (χ0v) is 15.0. The Hall–Kier alpha value is -2.49. The lowest BCUT2D eigenvalue weighted by Crippen LogP contribution is -2.30. The third kappa shape index (κ3) is 7.75. The molecule has 0 aliphatic carbocycles. The molecular weight excluding hydrogens is 312 g/mol. The van der Waals surface area contributed by atoms with Gasteiger partial charge in [0, 0.05) is 12.2 Å². The van der Waals surface area contributed by atoms with E-state index in [9.17, 15) is 4.79 Å². The van der Waals surface area contributed by atoms with Gasteiger partial charge in [0.2, 0.25) is 5.91 Å². The summed E-state index contributed by atoms with van der Waals surface area (Å²) in [4.78, 5) is 11.7. The van der Waals surface area contributed by atoms with Gasteiger partial charge in [0.15, 0.2) is 0 Å². The molecule has 0 bridgehead atoms. The molecule has 0 atom stereocenters. The number of unbranched alkanes of at least 4 members (excludes halogenated alkanes) is 1. The minimum Gasteiger partial charge on any atom is -0.494 e. The number of hydrogen-bond acceptors (Lipinski definition) is 3. The second-order valence-electron chi connectivity index (χ2n) is 6.02. The van der Waals surface area contributed by atoms with Gasteiger partial charge in [-0.05, 0) is 49.1 Å². The van der Waals surface area contributed by atoms with Gasteiger partial charge in [-0.15, -0.1) is 0 Å². The predicted octanol–water partition coefficient (Wildman–Crippen LogP) is 4.03. The minimum absolute atomic E-state index is 0.0229. The number of nitrogens with one attached hydrogen (secondary N) is 2. The summed E-state index contributed by atoms with van der Waals surface area (Å²) >= 11 is 0. The van der Waals surface area contributed by atoms with Crippen molar-refractivity contribution in [2.75, 3.05) is 25.0 Å². The van der Waals surface area contributed by atoms with Crippen LogP contribution in [0.3, 0.4) is 0 Å². The van der Waals surface area contributed by atoms with Gasteiger partial charge in [0.25, 0.3) is 0 Å². The molecular formula is C21H28N2O2. The molecule has 0 saturated carbocycles. The molecule has 0 fully saturated rings. The molecule has 4 heteroatoms. The summed E-state index contributed by atoms with van der Waals surface area (Å²) in [5.74, 6) is 0.876. The largest absolute Gasteiger partial charge is 0.494 e. The van der Waals surface area contributed by atoms with Crippen molar-refractivity contribution >= 4 is 11.6 Å². The van der Waals surface area contributed by atoms with Crippen molar-refractivity contribution in [1.29, 1.82) is 0 Å². The van der Waals surface area contributed by atoms with E-state index in [-0.39, 0.29) is 5.91 Å². The van der Waals surface area contributed by atoms with Crippen LogP contribution in [0.5, 0.6) is 5.75 Å². The SMILES string of the molecule is CCCCNC(=O)CNc1ccc(OCCCc2ccccc2)cc1. The molecule has 134 valence electrons. The molecule has 25 heavy (non-hydrogen) atoms. The Morgan fingerprint density at radius 3 is 2.48 bits per heavy atom. The van der Waals surface area contributed by atoms with E-state index in [2.05, 4.69) is 41.8 Å². The van der Waals surface area contributed by atoms with E-state index in [1.165, 1.54) is 5.56 Å². The number of benzene rings is 2. The Kier molecular flexibility index (Phi) is 8.39. The van der Waals surface area contributed by atoms with E-state index < -0.39 is 0 Å². The first kappa shape index (κ1) is 18.8. The lowest BCUT2D eigenvalue weighted by molar-refractivity contribution is -0.119. The van der Waals surface area contributed by atoms with Crippen molar-refractivity contribution in [2.24, 2.45) is 0 Å². The Balaban J connectivity index is 1.63. The first-order chi connectivity index (χ1) is 12.3. The maximum absolute atomic E-state index is 11.7. The topological polar surface area (TPSA) is 50.4 Å². The fourth-order valence-electron chi connectivity index (χ4n) is 2.43. The molecule has 0 radical (unpaired) electrons. The third-order valence-electron chi connectivity index (χ3n) is 3.88. The summed E-state index contributed by atoms with van der Waals surface area (Å²) < 4.78 is 5.77. The fraction of sp³-hybridized carbons (Fsp3) is 0.381. The summed E-state index contributed by atoms with van der Waals surface area (Å²) in [5, 5.41) is 6.01. The molecule has 0 aliphatic rings. The van der Waals surface area contributed by atoms with Crippen LogP contribution in [-0.4, -0.2) is 25.6 Å². The number of amides is 1. The fourth-order valence-corrected chi connectivity index (χ4v) is 2.43. The van der Waals surface area contributed by atoms with Gasteiger partial charge < -0.3 is 15.4 Å². The molecule has 0 spiro atoms. The summed E-state index contributed by atoms with van der Waals surface area (Å²) in [6.45, 7) is 3.84. The summed E-state index contributed by atoms with van der Waals surface area (Å²) in [5.41, 5.74) is 2.25. The van der Waals surface area contributed by atoms with Crippen molar-refractivity contribution in [1.82, 2.24) is 5.32 Å². The quantitative estimate of drug-likeness (QED) is 0.607. The zero-order chi connectivity index (χ0) is 17.7. The monoisotopic (exact) mass is 340 g/mol. The number of anilines is 1. The van der Waals surface area contributed by atoms with Gasteiger partial charge in [-0.25, -0.2) is 0 Å². The summed E-state index contributed by atoms with van der Waals surface area (Å²) in [6, 6.07) is 18.2. The number of aryl methyl sites for hydroxylation is 1. The standard InChI is InChI=1S/C21H28N2O2/c1-2-3-15-22-21(24)17-23-19-11-13-20(14-12-19)25-16-7-10-18-8-5-4-6-9-18/h4-6,8-9,11-14,23H,2-3,7,10,15-17H2,1H3,(H,22,24). The normalized spacial score (nSPS) is 10.3. The van der Waals surface area contributed by atoms with Gasteiger partial charge in [0.1, 0.15) is 5.75 Å². The van der Waals surface area contributed by atoms with Crippen molar-refractivity contribution in [2.45, 2.75) is 32.6 Å². The van der Waals surface area contributed by atoms with E-state index in [1.54, 1.807) is 0 Å². The molecule has 0 aromatic heterocycles. The van der Waals surface area contributed by atoms with Crippen LogP contribution in [0.2, 0.25) is 0 Å². The van der Waals surface area contributed by atoms with E-state index in [1.807, 2.05) is 30.3 Å². The van der Waals surface area contributed by atoms with Crippen molar-refractivity contribution in [3.63, 3.8) is 0 Å². The molecule has 2 N–H and O–H groups in total. The molecule has 0 unspecified atom stereocenters. The molecule has 0 aliphatic heterocycles. The number of hydrogen-bond donors (Lipinski definition) is 2. The number of carbonyl (C=O) groups excluding carboxylic acids is 1. The van der Waals surface area contributed by atoms with Gasteiger partial charge in [-0.2, -0.15) is 0 Å². The van der Waals surface area contributed by atoms with E-state index in [4.69, 9.17) is 4.74 Å². The maximum atomic E-state index is 11.7. The van der Waals surface area contributed by atoms with Crippen LogP contribution in [0.4, 0.5) is 5.69 Å². The van der Waals surface area contributed by atoms with Gasteiger partial charge >= 0.3 is 0 Å². The second-order valence-corrected chi connectivity index (χ2v) is 6.02. The molecule has 0 saturated heterocycles. The molecule has 0 heterocycles. The maximum Gasteiger partial charge on any atom is 0.239 e. The number of rotatable bonds is 11. The first-order valence-corrected chi connectivity index (χ1v) is 9.05. The Morgan fingerprint density at radius 1 is 1.00 bits per heavy atom. The highest BCUT2D eigenvalue weighted by Gasteiger charge is 2.01. The van der Waals surface area contributed by atoms with Crippen LogP contribution >= 0.6 is 0 Å². The average molecular weight is 340 g/mol. The highest BCUT2D eigenvalue weighted by molar-refractivity contribution is 5.80. The Labute approximate surface area is 150 Å². The second kappa shape index (κ2) is 11.1. The molecule has 1 amide bonds. The van der Waals surface area contributed by atoms with E-state index in [0.29, 0.717) is 13.2 Å². The minimum atomic E-state index is 0.0229. The molecule has 2 rings (SSSR count). The third-order valence-corrected chi connectivity index (χ3v) is 3.88. The van der Waals surface area contributed by atoms with Crippen LogP contribution in [0.25, 0.3) is 0 Å². The lowest BCUT2D eigenvalue weighted by atomic mass is 10.1. The number of ether oxygens (including phenoxy) is 1. The molecule has 2 aromatic rings. The highest BCUT2D eigenvalue weighted by atomic mass is 16.5. The van der Waals surface area contributed by atoms with Gasteiger partial charge in [-0.3, -0.25) is 4.79 Å². The van der Waals surface area contributed by atoms with Crippen molar-refractivity contribution in [3.05, 3.63) is 60.2 Å². The average Bonchev–Trinajstić information content (AvgIpc) is 2.65. The van der Waals surface area contributed by atoms with Crippen LogP contribution in [0, 0.1) is 0 Å². The summed E-state index contributed by atoms with van der Waals surface area (Å²) in [6.07, 6.45) is 4.11. The molecule has 4 nitrogen and oxygen atoms in total. The smallest absolute Gasteiger partial charge is 0.239 e. The van der Waals surface area contributed by atoms with E-state index >= 15 is 0 Å². The van der Waals surface area contributed by atoms with Crippen LogP contribution in [0.15, 0.2) is 54.6 Å². The lowest BCUT2D eigenvalue weighted by Gasteiger charge is -2.09. The van der Waals surface area contributed by atoms with Crippen LogP contribution < -0.4 is 15.4 Å². The summed E-state index contributed by atoms with van der Waals surface area (Å²) in [7, 11) is 0. The van der Waals surface area contributed by atoms with Gasteiger partial charge in [0.05, 0.1) is 13.2 Å². The predicted molar refractivity (Wildman–Crippen MR) is 103 cm³/mol. The Bertz CT molecular complexity index is 612. The highest BCUT2D eigenvalue weighted by Crippen LogP contribution is 2.16. The van der Waals surface area contributed by atoms with E-state index in [0.717, 1.165) is 43.7 Å². The van der Waals surface area contributed by atoms with Crippen molar-refractivity contribution in [3.8, 4) is 5.75 Å². The van der Waals surface area contributed by atoms with Crippen molar-refractivity contribution < 1.29 is 9.53 Å². The molecule has 2 aromatic carbocycles. The first-order valence-electron chi connectivity index (χ1n) is 9.05. The van der Waals surface area contributed by atoms with Crippen LogP contribution in [0.1, 0.15) is 31.7 Å². The van der Waals surface area contributed by atoms with Crippen LogP contribution in [-0.2, 0) is 11.2 Å². The zero-order valence-electron chi connectivity index (χ0n) is 15.0. The van der Waals surface area contributed by atoms with Gasteiger partial charge in [-0.1, -0.05) is 43.7 Å². The number of carbonyl (C=O) groups is 1.